The highest BCUT2D eigenvalue weighted by atomic mass is 35.5. The van der Waals surface area contributed by atoms with Crippen LogP contribution in [0.4, 0.5) is 20.3 Å². The molecule has 0 spiro atoms. The van der Waals surface area contributed by atoms with Crippen molar-refractivity contribution in [3.63, 3.8) is 0 Å². The van der Waals surface area contributed by atoms with E-state index >= 15 is 0 Å². The minimum atomic E-state index is -1.29. The lowest BCUT2D eigenvalue weighted by Gasteiger charge is -2.24. The lowest BCUT2D eigenvalue weighted by molar-refractivity contribution is 0.0982. The number of amides is 1. The van der Waals surface area contributed by atoms with Crippen LogP contribution in [0, 0.1) is 11.6 Å². The van der Waals surface area contributed by atoms with Crippen LogP contribution in [0.5, 0.6) is 0 Å². The molecule has 3 rings (SSSR count). The molecule has 0 unspecified atom stereocenters. The molecule has 0 aliphatic rings. The number of carbonyl (C=O) groups is 1. The van der Waals surface area contributed by atoms with Gasteiger partial charge in [-0.05, 0) is 30.7 Å². The molecule has 0 saturated heterocycles. The first-order valence-corrected chi connectivity index (χ1v) is 9.73. The maximum Gasteiger partial charge on any atom is 0.330 e. The van der Waals surface area contributed by atoms with Crippen molar-refractivity contribution >= 4 is 29.0 Å². The highest BCUT2D eigenvalue weighted by molar-refractivity contribution is 6.34. The van der Waals surface area contributed by atoms with Crippen LogP contribution in [0.2, 0.25) is 5.02 Å². The number of nitrogens with two attached hydrogens (primary N) is 1. The second-order valence-corrected chi connectivity index (χ2v) is 7.12. The van der Waals surface area contributed by atoms with E-state index in [1.54, 1.807) is 12.1 Å². The molecule has 31 heavy (non-hydrogen) atoms. The van der Waals surface area contributed by atoms with E-state index in [2.05, 4.69) is 4.98 Å². The van der Waals surface area contributed by atoms with E-state index in [-0.39, 0.29) is 35.4 Å². The Balaban J connectivity index is 2.19. The molecule has 0 atom stereocenters. The van der Waals surface area contributed by atoms with E-state index in [9.17, 15) is 23.2 Å². The number of nitrogens with zero attached hydrogens (tertiary/aromatic N) is 2. The van der Waals surface area contributed by atoms with Gasteiger partial charge in [-0.3, -0.25) is 24.0 Å². The van der Waals surface area contributed by atoms with Crippen molar-refractivity contribution in [3.05, 3.63) is 79.3 Å². The van der Waals surface area contributed by atoms with Crippen LogP contribution in [-0.2, 0) is 13.1 Å². The second-order valence-electron chi connectivity index (χ2n) is 6.72. The number of carbonyl (C=O) groups excluding carboxylic acids is 1. The van der Waals surface area contributed by atoms with E-state index in [1.807, 2.05) is 6.92 Å². The van der Waals surface area contributed by atoms with Crippen molar-refractivity contribution < 1.29 is 18.0 Å². The summed E-state index contributed by atoms with van der Waals surface area (Å²) in [6.45, 7) is 1.84. The highest BCUT2D eigenvalue weighted by Gasteiger charge is 2.28. The molecule has 164 valence electrons. The number of benzene rings is 1. The third kappa shape index (κ3) is 4.53. The number of hydrogen-bond donors (Lipinski definition) is 2. The van der Waals surface area contributed by atoms with Crippen molar-refractivity contribution in [2.24, 2.45) is 0 Å². The molecular weight excluding hydrogens is 434 g/mol. The summed E-state index contributed by atoms with van der Waals surface area (Å²) in [6.07, 6.45) is 2.70. The number of unbranched alkanes of at least 4 members (excludes halogenated alkanes) is 1. The summed E-state index contributed by atoms with van der Waals surface area (Å²) < 4.78 is 33.7. The van der Waals surface area contributed by atoms with Crippen LogP contribution in [0.3, 0.4) is 0 Å². The van der Waals surface area contributed by atoms with E-state index in [4.69, 9.17) is 21.8 Å². The van der Waals surface area contributed by atoms with Gasteiger partial charge in [-0.2, -0.15) is 0 Å². The molecule has 3 N–H and O–H groups in total. The van der Waals surface area contributed by atoms with E-state index < -0.39 is 34.4 Å². The number of anilines is 2. The van der Waals surface area contributed by atoms with Gasteiger partial charge in [-0.1, -0.05) is 24.9 Å². The van der Waals surface area contributed by atoms with Gasteiger partial charge in [-0.15, -0.1) is 0 Å². The molecule has 0 bridgehead atoms. The fraction of sp³-hybridized carbons (Fsp3) is 0.250. The molecule has 0 radical (unpaired) electrons. The third-order valence-electron chi connectivity index (χ3n) is 4.60. The molecule has 2 heterocycles. The number of rotatable bonds is 7. The first-order chi connectivity index (χ1) is 14.7. The fourth-order valence-corrected chi connectivity index (χ4v) is 3.25. The summed E-state index contributed by atoms with van der Waals surface area (Å²) in [4.78, 5) is 41.2. The number of hydrogen-bond acceptors (Lipinski definition) is 5. The predicted octanol–water partition coefficient (Wildman–Crippen LogP) is 3.29. The molecule has 0 fully saturated rings. The lowest BCUT2D eigenvalue weighted by atomic mass is 10.1. The predicted molar refractivity (Wildman–Crippen MR) is 111 cm³/mol. The largest absolute Gasteiger partial charge is 0.467 e. The molecule has 11 heteroatoms. The van der Waals surface area contributed by atoms with E-state index in [0.717, 1.165) is 15.9 Å². The number of halogens is 3. The van der Waals surface area contributed by atoms with Crippen molar-refractivity contribution in [2.45, 2.75) is 32.9 Å². The zero-order chi connectivity index (χ0) is 22.7. The number of aromatic amines is 1. The summed E-state index contributed by atoms with van der Waals surface area (Å²) in [5.74, 6) is -3.43. The molecule has 0 saturated carbocycles. The van der Waals surface area contributed by atoms with Gasteiger partial charge >= 0.3 is 5.69 Å². The van der Waals surface area contributed by atoms with Crippen molar-refractivity contribution in [2.75, 3.05) is 10.6 Å². The maximum atomic E-state index is 13.8. The van der Waals surface area contributed by atoms with Crippen LogP contribution >= 0.6 is 11.6 Å². The Morgan fingerprint density at radius 3 is 2.65 bits per heavy atom. The quantitative estimate of drug-likeness (QED) is 0.534. The summed E-state index contributed by atoms with van der Waals surface area (Å²) in [5, 5.41) is -0.359. The maximum absolute atomic E-state index is 13.8. The van der Waals surface area contributed by atoms with Crippen LogP contribution in [0.25, 0.3) is 0 Å². The van der Waals surface area contributed by atoms with E-state index in [0.29, 0.717) is 18.6 Å². The molecule has 2 aromatic heterocycles. The van der Waals surface area contributed by atoms with Gasteiger partial charge in [0.2, 0.25) is 0 Å². The summed E-state index contributed by atoms with van der Waals surface area (Å²) in [6, 6.07) is 4.40. The second kappa shape index (κ2) is 9.17. The minimum absolute atomic E-state index is 0.208. The SMILES string of the molecule is CCCCn1c(N)c(N(Cc2ccco2)C(=O)c2cc(F)c(F)cc2Cl)c(=O)[nH]c1=O. The third-order valence-corrected chi connectivity index (χ3v) is 4.91. The average Bonchev–Trinajstić information content (AvgIpc) is 3.22. The summed E-state index contributed by atoms with van der Waals surface area (Å²) >= 11 is 5.96. The molecule has 3 aromatic rings. The van der Waals surface area contributed by atoms with Gasteiger partial charge in [0.15, 0.2) is 17.3 Å². The topological polar surface area (TPSA) is 114 Å². The van der Waals surface area contributed by atoms with Gasteiger partial charge < -0.3 is 10.2 Å². The summed E-state index contributed by atoms with van der Waals surface area (Å²) in [7, 11) is 0. The monoisotopic (exact) mass is 452 g/mol. The van der Waals surface area contributed by atoms with Crippen molar-refractivity contribution in [1.29, 1.82) is 0 Å². The smallest absolute Gasteiger partial charge is 0.330 e. The first-order valence-electron chi connectivity index (χ1n) is 9.36. The number of nitrogens with one attached hydrogen (secondary N) is 1. The zero-order valence-electron chi connectivity index (χ0n) is 16.5. The number of nitrogen functional groups attached to an aromatic ring is 1. The first kappa shape index (κ1) is 22.3. The van der Waals surface area contributed by atoms with Crippen LogP contribution in [0.1, 0.15) is 35.9 Å². The number of H-pyrrole nitrogens is 1. The lowest BCUT2D eigenvalue weighted by Crippen LogP contribution is -2.41. The Morgan fingerprint density at radius 2 is 2.00 bits per heavy atom. The van der Waals surface area contributed by atoms with Gasteiger partial charge in [-0.25, -0.2) is 13.6 Å². The molecule has 1 amide bonds. The Kier molecular flexibility index (Phi) is 6.59. The van der Waals surface area contributed by atoms with Crippen LogP contribution < -0.4 is 21.9 Å². The molecule has 8 nitrogen and oxygen atoms in total. The highest BCUT2D eigenvalue weighted by Crippen LogP contribution is 2.27. The Hall–Kier alpha value is -3.40. The molecular formula is C20H19ClF2N4O4. The van der Waals surface area contributed by atoms with Crippen LogP contribution in [-0.4, -0.2) is 15.5 Å². The standard InChI is InChI=1S/C20H19ClF2N4O4/c1-2-3-6-26-17(24)16(18(28)25-20(26)30)27(10-11-5-4-7-31-11)19(29)12-8-14(22)15(23)9-13(12)21/h4-5,7-9H,2-3,6,10,24H2,1H3,(H,25,28,30). The minimum Gasteiger partial charge on any atom is -0.467 e. The van der Waals surface area contributed by atoms with E-state index in [1.165, 1.54) is 6.26 Å². The number of furan rings is 1. The van der Waals surface area contributed by atoms with Gasteiger partial charge in [0.1, 0.15) is 11.6 Å². The number of aromatic nitrogens is 2. The Morgan fingerprint density at radius 1 is 1.29 bits per heavy atom. The summed E-state index contributed by atoms with van der Waals surface area (Å²) in [5.41, 5.74) is 3.74. The Bertz CT molecular complexity index is 1220. The Labute approximate surface area is 179 Å². The zero-order valence-corrected chi connectivity index (χ0v) is 17.2. The molecule has 0 aliphatic heterocycles. The van der Waals surface area contributed by atoms with Gasteiger partial charge in [0.05, 0.1) is 23.4 Å². The molecule has 1 aromatic carbocycles. The normalized spacial score (nSPS) is 11.0. The molecule has 0 aliphatic carbocycles. The van der Waals surface area contributed by atoms with Crippen molar-refractivity contribution in [3.8, 4) is 0 Å². The average molecular weight is 453 g/mol. The fourth-order valence-electron chi connectivity index (χ4n) is 3.02. The van der Waals surface area contributed by atoms with Crippen LogP contribution in [0.15, 0.2) is 44.5 Å². The van der Waals surface area contributed by atoms with Gasteiger partial charge in [0.25, 0.3) is 11.5 Å². The van der Waals surface area contributed by atoms with Crippen molar-refractivity contribution in [1.82, 2.24) is 9.55 Å². The van der Waals surface area contributed by atoms with Gasteiger partial charge in [0, 0.05) is 6.54 Å².